The SMILES string of the molecule is Cc1nn(C)c(C)c1CC(C)C(=O)N1CCC(C(=O)O)C1. The van der Waals surface area contributed by atoms with Crippen molar-refractivity contribution in [2.24, 2.45) is 18.9 Å². The molecule has 0 bridgehead atoms. The van der Waals surface area contributed by atoms with Crippen molar-refractivity contribution in [3.05, 3.63) is 17.0 Å². The first-order valence-electron chi connectivity index (χ1n) is 7.32. The van der Waals surface area contributed by atoms with E-state index in [0.717, 1.165) is 17.0 Å². The summed E-state index contributed by atoms with van der Waals surface area (Å²) >= 11 is 0. The minimum absolute atomic E-state index is 0.0430. The van der Waals surface area contributed by atoms with Crippen LogP contribution in [0.5, 0.6) is 0 Å². The Balaban J connectivity index is 2.02. The van der Waals surface area contributed by atoms with E-state index >= 15 is 0 Å². The predicted octanol–water partition coefficient (Wildman–Crippen LogP) is 1.15. The van der Waals surface area contributed by atoms with Crippen molar-refractivity contribution in [3.8, 4) is 0 Å². The van der Waals surface area contributed by atoms with Crippen LogP contribution in [0.4, 0.5) is 0 Å². The molecule has 1 saturated heterocycles. The predicted molar refractivity (Wildman–Crippen MR) is 77.9 cm³/mol. The van der Waals surface area contributed by atoms with Gasteiger partial charge in [0.15, 0.2) is 0 Å². The Morgan fingerprint density at radius 2 is 2.10 bits per heavy atom. The Kier molecular flexibility index (Phi) is 4.34. The number of rotatable bonds is 4. The summed E-state index contributed by atoms with van der Waals surface area (Å²) in [6, 6.07) is 0. The van der Waals surface area contributed by atoms with Crippen LogP contribution in [0.1, 0.15) is 30.3 Å². The number of aliphatic carboxylic acids is 1. The molecular formula is C15H23N3O3. The summed E-state index contributed by atoms with van der Waals surface area (Å²) in [6.45, 7) is 6.75. The van der Waals surface area contributed by atoms with Crippen molar-refractivity contribution in [2.45, 2.75) is 33.6 Å². The lowest BCUT2D eigenvalue weighted by atomic mass is 9.98. The third-order valence-electron chi connectivity index (χ3n) is 4.44. The summed E-state index contributed by atoms with van der Waals surface area (Å²) in [7, 11) is 1.90. The van der Waals surface area contributed by atoms with E-state index in [0.29, 0.717) is 25.9 Å². The molecule has 1 aromatic rings. The summed E-state index contributed by atoms with van der Waals surface area (Å²) in [5.41, 5.74) is 3.16. The highest BCUT2D eigenvalue weighted by Gasteiger charge is 2.33. The standard InChI is InChI=1S/C15H23N3O3/c1-9(7-13-10(2)16-17(4)11(13)3)14(19)18-6-5-12(8-18)15(20)21/h9,12H,5-8H2,1-4H3,(H,20,21). The number of carbonyl (C=O) groups excluding carboxylic acids is 1. The molecule has 21 heavy (non-hydrogen) atoms. The van der Waals surface area contributed by atoms with Crippen LogP contribution in [0.15, 0.2) is 0 Å². The molecule has 1 amide bonds. The van der Waals surface area contributed by atoms with Crippen molar-refractivity contribution in [1.29, 1.82) is 0 Å². The molecule has 0 aromatic carbocycles. The van der Waals surface area contributed by atoms with Gasteiger partial charge in [-0.15, -0.1) is 0 Å². The maximum absolute atomic E-state index is 12.5. The van der Waals surface area contributed by atoms with Crippen LogP contribution in [0.3, 0.4) is 0 Å². The second-order valence-corrected chi connectivity index (χ2v) is 5.99. The van der Waals surface area contributed by atoms with Crippen LogP contribution >= 0.6 is 0 Å². The number of hydrogen-bond donors (Lipinski definition) is 1. The van der Waals surface area contributed by atoms with Crippen LogP contribution in [-0.2, 0) is 23.1 Å². The van der Waals surface area contributed by atoms with E-state index < -0.39 is 11.9 Å². The summed E-state index contributed by atoms with van der Waals surface area (Å²) in [5.74, 6) is -1.33. The number of nitrogens with zero attached hydrogens (tertiary/aromatic N) is 3. The lowest BCUT2D eigenvalue weighted by Crippen LogP contribution is -2.35. The zero-order chi connectivity index (χ0) is 15.7. The number of hydrogen-bond acceptors (Lipinski definition) is 3. The molecule has 1 aliphatic heterocycles. The first-order chi connectivity index (χ1) is 9.81. The van der Waals surface area contributed by atoms with Gasteiger partial charge >= 0.3 is 5.97 Å². The highest BCUT2D eigenvalue weighted by Crippen LogP contribution is 2.22. The molecule has 2 rings (SSSR count). The minimum Gasteiger partial charge on any atom is -0.481 e. The molecule has 0 spiro atoms. The van der Waals surface area contributed by atoms with Crippen LogP contribution in [-0.4, -0.2) is 44.8 Å². The fourth-order valence-electron chi connectivity index (χ4n) is 2.98. The molecular weight excluding hydrogens is 270 g/mol. The Bertz CT molecular complexity index is 565. The number of carboxylic acid groups (broad SMARTS) is 1. The molecule has 6 nitrogen and oxygen atoms in total. The number of aryl methyl sites for hydroxylation is 2. The molecule has 6 heteroatoms. The maximum Gasteiger partial charge on any atom is 0.308 e. The van der Waals surface area contributed by atoms with E-state index in [1.54, 1.807) is 4.90 Å². The summed E-state index contributed by atoms with van der Waals surface area (Å²) in [4.78, 5) is 25.1. The summed E-state index contributed by atoms with van der Waals surface area (Å²) < 4.78 is 1.83. The van der Waals surface area contributed by atoms with E-state index in [1.165, 1.54) is 0 Å². The second kappa shape index (κ2) is 5.87. The van der Waals surface area contributed by atoms with Crippen LogP contribution < -0.4 is 0 Å². The highest BCUT2D eigenvalue weighted by atomic mass is 16.4. The summed E-state index contributed by atoms with van der Waals surface area (Å²) in [5, 5.41) is 13.4. The Morgan fingerprint density at radius 3 is 2.57 bits per heavy atom. The Hall–Kier alpha value is -1.85. The molecule has 0 saturated carbocycles. The fraction of sp³-hybridized carbons (Fsp3) is 0.667. The number of amides is 1. The number of aromatic nitrogens is 2. The molecule has 2 unspecified atom stereocenters. The Labute approximate surface area is 124 Å². The van der Waals surface area contributed by atoms with Crippen molar-refractivity contribution < 1.29 is 14.7 Å². The summed E-state index contributed by atoms with van der Waals surface area (Å²) in [6.07, 6.45) is 1.21. The average molecular weight is 293 g/mol. The average Bonchev–Trinajstić information content (AvgIpc) is 2.99. The lowest BCUT2D eigenvalue weighted by Gasteiger charge is -2.20. The van der Waals surface area contributed by atoms with Gasteiger partial charge in [0.2, 0.25) is 5.91 Å². The van der Waals surface area contributed by atoms with Crippen LogP contribution in [0.25, 0.3) is 0 Å². The van der Waals surface area contributed by atoms with Gasteiger partial charge in [-0.05, 0) is 32.3 Å². The van der Waals surface area contributed by atoms with Gasteiger partial charge in [0, 0.05) is 31.7 Å². The topological polar surface area (TPSA) is 75.4 Å². The molecule has 1 aromatic heterocycles. The van der Waals surface area contributed by atoms with Crippen molar-refractivity contribution in [2.75, 3.05) is 13.1 Å². The molecule has 116 valence electrons. The van der Waals surface area contributed by atoms with Gasteiger partial charge in [-0.2, -0.15) is 5.10 Å². The molecule has 1 aliphatic rings. The zero-order valence-electron chi connectivity index (χ0n) is 13.1. The van der Waals surface area contributed by atoms with Crippen molar-refractivity contribution >= 4 is 11.9 Å². The van der Waals surface area contributed by atoms with Crippen LogP contribution in [0, 0.1) is 25.7 Å². The van der Waals surface area contributed by atoms with Gasteiger partial charge in [-0.25, -0.2) is 0 Å². The van der Waals surface area contributed by atoms with E-state index in [2.05, 4.69) is 5.10 Å². The maximum atomic E-state index is 12.5. The normalized spacial score (nSPS) is 19.8. The Morgan fingerprint density at radius 1 is 1.43 bits per heavy atom. The van der Waals surface area contributed by atoms with E-state index in [9.17, 15) is 9.59 Å². The second-order valence-electron chi connectivity index (χ2n) is 5.99. The quantitative estimate of drug-likeness (QED) is 0.903. The van der Waals surface area contributed by atoms with E-state index in [1.807, 2.05) is 32.5 Å². The molecule has 0 radical (unpaired) electrons. The van der Waals surface area contributed by atoms with Crippen molar-refractivity contribution in [1.82, 2.24) is 14.7 Å². The van der Waals surface area contributed by atoms with Gasteiger partial charge in [-0.1, -0.05) is 6.92 Å². The van der Waals surface area contributed by atoms with E-state index in [-0.39, 0.29) is 11.8 Å². The van der Waals surface area contributed by atoms with Gasteiger partial charge < -0.3 is 10.0 Å². The van der Waals surface area contributed by atoms with Crippen LogP contribution in [0.2, 0.25) is 0 Å². The number of likely N-dealkylation sites (tertiary alicyclic amines) is 1. The molecule has 2 atom stereocenters. The highest BCUT2D eigenvalue weighted by molar-refractivity contribution is 5.80. The fourth-order valence-corrected chi connectivity index (χ4v) is 2.98. The zero-order valence-corrected chi connectivity index (χ0v) is 13.1. The van der Waals surface area contributed by atoms with Crippen molar-refractivity contribution in [3.63, 3.8) is 0 Å². The first kappa shape index (κ1) is 15.5. The largest absolute Gasteiger partial charge is 0.481 e. The number of carbonyl (C=O) groups is 2. The van der Waals surface area contributed by atoms with Gasteiger partial charge in [0.1, 0.15) is 0 Å². The third-order valence-corrected chi connectivity index (χ3v) is 4.44. The monoisotopic (exact) mass is 293 g/mol. The molecule has 2 heterocycles. The first-order valence-corrected chi connectivity index (χ1v) is 7.32. The minimum atomic E-state index is -0.808. The lowest BCUT2D eigenvalue weighted by molar-refractivity contribution is -0.141. The molecule has 0 aliphatic carbocycles. The molecule has 1 N–H and O–H groups in total. The molecule has 1 fully saturated rings. The van der Waals surface area contributed by atoms with Gasteiger partial charge in [0.25, 0.3) is 0 Å². The van der Waals surface area contributed by atoms with Gasteiger partial charge in [0.05, 0.1) is 11.6 Å². The smallest absolute Gasteiger partial charge is 0.308 e. The van der Waals surface area contributed by atoms with E-state index in [4.69, 9.17) is 5.11 Å². The van der Waals surface area contributed by atoms with Gasteiger partial charge in [-0.3, -0.25) is 14.3 Å². The third kappa shape index (κ3) is 3.09. The number of carboxylic acids is 1.